The van der Waals surface area contributed by atoms with E-state index in [1.54, 1.807) is 0 Å². The first kappa shape index (κ1) is 13.8. The molecule has 0 saturated carbocycles. The monoisotopic (exact) mass is 284 g/mol. The lowest BCUT2D eigenvalue weighted by molar-refractivity contribution is 0.00333. The van der Waals surface area contributed by atoms with Gasteiger partial charge in [-0.05, 0) is 81.6 Å². The van der Waals surface area contributed by atoms with Gasteiger partial charge < -0.3 is 10.2 Å². The van der Waals surface area contributed by atoms with Gasteiger partial charge in [-0.3, -0.25) is 0 Å². The first-order chi connectivity index (χ1) is 10.4. The summed E-state index contributed by atoms with van der Waals surface area (Å²) in [5, 5.41) is 3.67. The van der Waals surface area contributed by atoms with E-state index in [9.17, 15) is 0 Å². The topological polar surface area (TPSA) is 15.3 Å². The average Bonchev–Trinajstić information content (AvgIpc) is 2.98. The maximum Gasteiger partial charge on any atom is 0.0101 e. The number of rotatable bonds is 2. The molecule has 3 unspecified atom stereocenters. The molecule has 0 radical (unpaired) electrons. The number of benzene rings is 1. The van der Waals surface area contributed by atoms with E-state index in [0.29, 0.717) is 5.41 Å². The highest BCUT2D eigenvalue weighted by Gasteiger charge is 2.46. The molecule has 21 heavy (non-hydrogen) atoms. The summed E-state index contributed by atoms with van der Waals surface area (Å²) in [5.74, 6) is 0.830. The highest BCUT2D eigenvalue weighted by atomic mass is 15.2. The van der Waals surface area contributed by atoms with Crippen LogP contribution in [0.4, 0.5) is 0 Å². The van der Waals surface area contributed by atoms with Crippen molar-refractivity contribution in [3.63, 3.8) is 0 Å². The van der Waals surface area contributed by atoms with E-state index >= 15 is 0 Å². The molecule has 3 atom stereocenters. The third-order valence-electron chi connectivity index (χ3n) is 6.42. The summed E-state index contributed by atoms with van der Waals surface area (Å²) in [5.41, 5.74) is 2.14. The van der Waals surface area contributed by atoms with Crippen molar-refractivity contribution in [2.75, 3.05) is 26.2 Å². The quantitative estimate of drug-likeness (QED) is 0.898. The van der Waals surface area contributed by atoms with Gasteiger partial charge in [-0.15, -0.1) is 0 Å². The van der Waals surface area contributed by atoms with Crippen molar-refractivity contribution in [3.05, 3.63) is 35.9 Å². The molecule has 1 N–H and O–H groups in total. The first-order valence-corrected chi connectivity index (χ1v) is 8.84. The Hall–Kier alpha value is -0.860. The molecule has 2 nitrogen and oxygen atoms in total. The fraction of sp³-hybridized carbons (Fsp3) is 0.684. The standard InChI is InChI=1S/C19H28N2/c1-2-5-16(6-3-1)13-17-15-20-10-8-19(17)9-12-21-11-4-7-18(21)14-19/h1-3,5-6,17-18,20H,4,7-15H2. The minimum Gasteiger partial charge on any atom is -0.316 e. The van der Waals surface area contributed by atoms with Crippen LogP contribution in [-0.2, 0) is 6.42 Å². The molecule has 0 amide bonds. The largest absolute Gasteiger partial charge is 0.316 e. The molecular formula is C19H28N2. The van der Waals surface area contributed by atoms with Crippen LogP contribution in [0.15, 0.2) is 30.3 Å². The molecule has 3 aliphatic heterocycles. The summed E-state index contributed by atoms with van der Waals surface area (Å²) in [7, 11) is 0. The molecule has 3 aliphatic rings. The minimum atomic E-state index is 0.618. The Kier molecular flexibility index (Phi) is 3.76. The second kappa shape index (κ2) is 5.73. The summed E-state index contributed by atoms with van der Waals surface area (Å²) < 4.78 is 0. The predicted octanol–water partition coefficient (Wildman–Crippen LogP) is 3.08. The number of hydrogen-bond acceptors (Lipinski definition) is 2. The van der Waals surface area contributed by atoms with Gasteiger partial charge in [0.1, 0.15) is 0 Å². The fourth-order valence-electron chi connectivity index (χ4n) is 5.18. The van der Waals surface area contributed by atoms with Gasteiger partial charge in [-0.1, -0.05) is 30.3 Å². The molecule has 1 spiro atoms. The van der Waals surface area contributed by atoms with Crippen molar-refractivity contribution in [2.24, 2.45) is 11.3 Å². The van der Waals surface area contributed by atoms with Crippen LogP contribution in [0.3, 0.4) is 0 Å². The molecular weight excluding hydrogens is 256 g/mol. The molecule has 1 aromatic rings. The van der Waals surface area contributed by atoms with E-state index in [2.05, 4.69) is 40.5 Å². The Bertz CT molecular complexity index is 472. The van der Waals surface area contributed by atoms with Crippen LogP contribution in [-0.4, -0.2) is 37.1 Å². The van der Waals surface area contributed by atoms with Crippen molar-refractivity contribution in [1.29, 1.82) is 0 Å². The lowest BCUT2D eigenvalue weighted by Crippen LogP contribution is -2.53. The summed E-state index contributed by atoms with van der Waals surface area (Å²) in [4.78, 5) is 2.77. The number of piperidine rings is 2. The van der Waals surface area contributed by atoms with Crippen molar-refractivity contribution in [3.8, 4) is 0 Å². The first-order valence-electron chi connectivity index (χ1n) is 8.84. The van der Waals surface area contributed by atoms with E-state index in [4.69, 9.17) is 0 Å². The summed E-state index contributed by atoms with van der Waals surface area (Å²) in [6, 6.07) is 12.0. The zero-order valence-electron chi connectivity index (χ0n) is 13.1. The van der Waals surface area contributed by atoms with Gasteiger partial charge in [-0.25, -0.2) is 0 Å². The maximum atomic E-state index is 3.67. The Balaban J connectivity index is 1.53. The summed E-state index contributed by atoms with van der Waals surface area (Å²) in [6.07, 6.45) is 8.44. The highest BCUT2D eigenvalue weighted by molar-refractivity contribution is 5.17. The van der Waals surface area contributed by atoms with Crippen LogP contribution >= 0.6 is 0 Å². The SMILES string of the molecule is c1ccc(CC2CNCCC23CCN2CCCC2C3)cc1. The molecule has 2 heteroatoms. The normalized spacial score (nSPS) is 36.8. The van der Waals surface area contributed by atoms with E-state index in [0.717, 1.165) is 12.0 Å². The molecule has 3 heterocycles. The average molecular weight is 284 g/mol. The van der Waals surface area contributed by atoms with Crippen LogP contribution < -0.4 is 5.32 Å². The zero-order chi connectivity index (χ0) is 14.1. The van der Waals surface area contributed by atoms with Crippen LogP contribution in [0, 0.1) is 11.3 Å². The second-order valence-electron chi connectivity index (χ2n) is 7.49. The van der Waals surface area contributed by atoms with Crippen LogP contribution in [0.25, 0.3) is 0 Å². The summed E-state index contributed by atoms with van der Waals surface area (Å²) in [6.45, 7) is 5.18. The van der Waals surface area contributed by atoms with Gasteiger partial charge in [0.05, 0.1) is 0 Å². The van der Waals surface area contributed by atoms with E-state index in [-0.39, 0.29) is 0 Å². The molecule has 0 aliphatic carbocycles. The van der Waals surface area contributed by atoms with E-state index in [1.807, 2.05) is 0 Å². The van der Waals surface area contributed by atoms with Crippen molar-refractivity contribution >= 4 is 0 Å². The third kappa shape index (κ3) is 2.64. The molecule has 0 aromatic heterocycles. The second-order valence-corrected chi connectivity index (χ2v) is 7.49. The predicted molar refractivity (Wildman–Crippen MR) is 87.4 cm³/mol. The van der Waals surface area contributed by atoms with Gasteiger partial charge in [0.25, 0.3) is 0 Å². The van der Waals surface area contributed by atoms with Crippen LogP contribution in [0.5, 0.6) is 0 Å². The molecule has 3 saturated heterocycles. The van der Waals surface area contributed by atoms with Crippen LogP contribution in [0.2, 0.25) is 0 Å². The molecule has 4 rings (SSSR count). The molecule has 3 fully saturated rings. The van der Waals surface area contributed by atoms with Gasteiger partial charge in [0.15, 0.2) is 0 Å². The number of nitrogens with zero attached hydrogens (tertiary/aromatic N) is 1. The molecule has 1 aromatic carbocycles. The zero-order valence-corrected chi connectivity index (χ0v) is 13.1. The van der Waals surface area contributed by atoms with Gasteiger partial charge >= 0.3 is 0 Å². The third-order valence-corrected chi connectivity index (χ3v) is 6.42. The lowest BCUT2D eigenvalue weighted by atomic mass is 9.61. The fourth-order valence-corrected chi connectivity index (χ4v) is 5.18. The van der Waals surface area contributed by atoms with E-state index < -0.39 is 0 Å². The van der Waals surface area contributed by atoms with Gasteiger partial charge in [-0.2, -0.15) is 0 Å². The number of nitrogens with one attached hydrogen (secondary N) is 1. The maximum absolute atomic E-state index is 3.67. The van der Waals surface area contributed by atoms with Crippen LogP contribution in [0.1, 0.15) is 37.7 Å². The molecule has 0 bridgehead atoms. The smallest absolute Gasteiger partial charge is 0.0101 e. The Labute approximate surface area is 128 Å². The van der Waals surface area contributed by atoms with Gasteiger partial charge in [0, 0.05) is 6.04 Å². The highest BCUT2D eigenvalue weighted by Crippen LogP contribution is 2.48. The van der Waals surface area contributed by atoms with Crippen molar-refractivity contribution < 1.29 is 0 Å². The summed E-state index contributed by atoms with van der Waals surface area (Å²) >= 11 is 0. The Morgan fingerprint density at radius 1 is 1.14 bits per heavy atom. The molecule has 114 valence electrons. The minimum absolute atomic E-state index is 0.618. The lowest BCUT2D eigenvalue weighted by Gasteiger charge is -2.51. The van der Waals surface area contributed by atoms with Crippen molar-refractivity contribution in [1.82, 2.24) is 10.2 Å². The van der Waals surface area contributed by atoms with Gasteiger partial charge in [0.2, 0.25) is 0 Å². The van der Waals surface area contributed by atoms with Crippen molar-refractivity contribution in [2.45, 2.75) is 44.6 Å². The number of fused-ring (bicyclic) bond motifs is 1. The Morgan fingerprint density at radius 3 is 2.95 bits per heavy atom. The van der Waals surface area contributed by atoms with E-state index in [1.165, 1.54) is 70.3 Å². The number of hydrogen-bond donors (Lipinski definition) is 1. The Morgan fingerprint density at radius 2 is 2.05 bits per heavy atom.